The van der Waals surface area contributed by atoms with Crippen molar-refractivity contribution in [1.82, 2.24) is 0 Å². The maximum absolute atomic E-state index is 12.4. The number of nitrogens with one attached hydrogen (secondary N) is 1. The minimum absolute atomic E-state index is 0.116. The summed E-state index contributed by atoms with van der Waals surface area (Å²) in [5.41, 5.74) is 2.44. The second-order valence-corrected chi connectivity index (χ2v) is 9.07. The van der Waals surface area contributed by atoms with E-state index in [0.29, 0.717) is 12.1 Å². The molecular weight excluding hydrogens is 352 g/mol. The van der Waals surface area contributed by atoms with Crippen molar-refractivity contribution in [3.8, 4) is 0 Å². The van der Waals surface area contributed by atoms with Crippen molar-refractivity contribution in [1.29, 1.82) is 0 Å². The van der Waals surface area contributed by atoms with Crippen LogP contribution < -0.4 is 10.6 Å². The minimum atomic E-state index is 0.116. The molecule has 4 saturated carbocycles. The molecule has 0 aliphatic heterocycles. The number of hydrogen-bond donors (Lipinski definition) is 2. The molecule has 1 amide bonds. The molecule has 5 rings (SSSR count). The SMILES string of the molecule is Cc1ccc(NC(=O)C[NH2+]C23CC4CC(CC(C4)C2)C3)c(Br)c1. The van der Waals surface area contributed by atoms with Gasteiger partial charge in [-0.2, -0.15) is 0 Å². The quantitative estimate of drug-likeness (QED) is 0.830. The summed E-state index contributed by atoms with van der Waals surface area (Å²) < 4.78 is 0.959. The van der Waals surface area contributed by atoms with Gasteiger partial charge in [0.05, 0.1) is 11.2 Å². The summed E-state index contributed by atoms with van der Waals surface area (Å²) in [4.78, 5) is 12.4. The Labute approximate surface area is 146 Å². The van der Waals surface area contributed by atoms with Gasteiger partial charge in [0.15, 0.2) is 6.54 Å². The van der Waals surface area contributed by atoms with E-state index < -0.39 is 0 Å². The predicted molar refractivity (Wildman–Crippen MR) is 95.2 cm³/mol. The Kier molecular flexibility index (Phi) is 4.01. The Morgan fingerprint density at radius 3 is 2.39 bits per heavy atom. The first-order chi connectivity index (χ1) is 11.0. The first-order valence-corrected chi connectivity index (χ1v) is 9.71. The van der Waals surface area contributed by atoms with Gasteiger partial charge in [-0.3, -0.25) is 4.79 Å². The molecule has 4 heteroatoms. The van der Waals surface area contributed by atoms with E-state index in [2.05, 4.69) is 33.5 Å². The summed E-state index contributed by atoms with van der Waals surface area (Å²) in [5.74, 6) is 2.93. The Hall–Kier alpha value is -0.870. The van der Waals surface area contributed by atoms with Crippen LogP contribution >= 0.6 is 15.9 Å². The highest BCUT2D eigenvalue weighted by molar-refractivity contribution is 9.10. The maximum atomic E-state index is 12.4. The highest BCUT2D eigenvalue weighted by Crippen LogP contribution is 2.54. The first-order valence-electron chi connectivity index (χ1n) is 8.92. The van der Waals surface area contributed by atoms with Crippen molar-refractivity contribution >= 4 is 27.5 Å². The second kappa shape index (κ2) is 5.89. The fourth-order valence-corrected chi connectivity index (χ4v) is 6.25. The van der Waals surface area contributed by atoms with Crippen LogP contribution in [0.5, 0.6) is 0 Å². The predicted octanol–water partition coefficient (Wildman–Crippen LogP) is 3.23. The van der Waals surface area contributed by atoms with E-state index in [0.717, 1.165) is 27.9 Å². The van der Waals surface area contributed by atoms with Gasteiger partial charge < -0.3 is 10.6 Å². The van der Waals surface area contributed by atoms with E-state index in [1.807, 2.05) is 18.2 Å². The largest absolute Gasteiger partial charge is 0.334 e. The molecule has 0 unspecified atom stereocenters. The number of amides is 1. The number of rotatable bonds is 4. The Balaban J connectivity index is 1.36. The molecule has 0 saturated heterocycles. The molecule has 0 atom stereocenters. The molecule has 0 spiro atoms. The molecule has 3 nitrogen and oxygen atoms in total. The summed E-state index contributed by atoms with van der Waals surface area (Å²) in [6.07, 6.45) is 8.36. The lowest BCUT2D eigenvalue weighted by atomic mass is 9.53. The number of nitrogens with two attached hydrogens (primary N) is 1. The summed E-state index contributed by atoms with van der Waals surface area (Å²) in [7, 11) is 0. The van der Waals surface area contributed by atoms with E-state index in [1.54, 1.807) is 0 Å². The van der Waals surface area contributed by atoms with Gasteiger partial charge in [0.2, 0.25) is 0 Å². The van der Waals surface area contributed by atoms with Crippen LogP contribution in [-0.2, 0) is 4.79 Å². The van der Waals surface area contributed by atoms with E-state index >= 15 is 0 Å². The topological polar surface area (TPSA) is 45.7 Å². The van der Waals surface area contributed by atoms with Crippen LogP contribution in [0.4, 0.5) is 5.69 Å². The Morgan fingerprint density at radius 1 is 1.22 bits per heavy atom. The summed E-state index contributed by atoms with van der Waals surface area (Å²) in [5, 5.41) is 5.42. The molecule has 4 aliphatic carbocycles. The van der Waals surface area contributed by atoms with Gasteiger partial charge in [0.1, 0.15) is 0 Å². The molecule has 4 fully saturated rings. The number of aryl methyl sites for hydroxylation is 1. The smallest absolute Gasteiger partial charge is 0.279 e. The number of benzene rings is 1. The van der Waals surface area contributed by atoms with Crippen molar-refractivity contribution in [2.45, 2.75) is 51.0 Å². The third-order valence-corrected chi connectivity index (χ3v) is 6.86. The van der Waals surface area contributed by atoms with Crippen LogP contribution in [0.15, 0.2) is 22.7 Å². The zero-order chi connectivity index (χ0) is 16.0. The Bertz CT molecular complexity index is 593. The monoisotopic (exact) mass is 377 g/mol. The van der Waals surface area contributed by atoms with Crippen LogP contribution in [0.1, 0.15) is 44.1 Å². The molecule has 4 aliphatic rings. The van der Waals surface area contributed by atoms with Crippen molar-refractivity contribution in [3.05, 3.63) is 28.2 Å². The van der Waals surface area contributed by atoms with E-state index in [9.17, 15) is 4.79 Å². The van der Waals surface area contributed by atoms with Gasteiger partial charge in [0, 0.05) is 23.7 Å². The van der Waals surface area contributed by atoms with Crippen molar-refractivity contribution in [2.24, 2.45) is 17.8 Å². The third kappa shape index (κ3) is 3.20. The third-order valence-electron chi connectivity index (χ3n) is 6.20. The lowest BCUT2D eigenvalue weighted by Crippen LogP contribution is -3.00. The van der Waals surface area contributed by atoms with Gasteiger partial charge in [0.25, 0.3) is 5.91 Å². The van der Waals surface area contributed by atoms with Crippen molar-refractivity contribution in [3.63, 3.8) is 0 Å². The molecule has 3 N–H and O–H groups in total. The van der Waals surface area contributed by atoms with Gasteiger partial charge >= 0.3 is 0 Å². The summed E-state index contributed by atoms with van der Waals surface area (Å²) in [6.45, 7) is 2.60. The lowest BCUT2D eigenvalue weighted by Gasteiger charge is -2.54. The van der Waals surface area contributed by atoms with Crippen LogP contribution in [0.3, 0.4) is 0 Å². The number of anilines is 1. The standard InChI is InChI=1S/C19H25BrN2O/c1-12-2-3-17(16(20)4-12)22-18(23)11-21-19-8-13-5-14(9-19)7-15(6-13)10-19/h2-4,13-15,21H,5-11H2,1H3,(H,22,23)/p+1. The molecule has 0 aromatic heterocycles. The van der Waals surface area contributed by atoms with Crippen LogP contribution in [0.25, 0.3) is 0 Å². The fraction of sp³-hybridized carbons (Fsp3) is 0.632. The molecular formula is C19H26BrN2O+. The average molecular weight is 378 g/mol. The fourth-order valence-electron chi connectivity index (χ4n) is 5.66. The first kappa shape index (κ1) is 15.6. The highest BCUT2D eigenvalue weighted by Gasteiger charge is 2.53. The molecule has 4 bridgehead atoms. The zero-order valence-electron chi connectivity index (χ0n) is 13.8. The van der Waals surface area contributed by atoms with Crippen LogP contribution in [0.2, 0.25) is 0 Å². The number of quaternary nitrogens is 1. The van der Waals surface area contributed by atoms with Gasteiger partial charge in [-0.05, 0) is 77.6 Å². The molecule has 124 valence electrons. The van der Waals surface area contributed by atoms with Gasteiger partial charge in [-0.15, -0.1) is 0 Å². The number of halogens is 1. The summed E-state index contributed by atoms with van der Waals surface area (Å²) >= 11 is 3.53. The molecule has 0 heterocycles. The molecule has 1 aromatic carbocycles. The van der Waals surface area contributed by atoms with E-state index in [1.165, 1.54) is 44.1 Å². The normalized spacial score (nSPS) is 34.6. The Morgan fingerprint density at radius 2 is 1.83 bits per heavy atom. The number of carbonyl (C=O) groups excluding carboxylic acids is 1. The van der Waals surface area contributed by atoms with Crippen LogP contribution in [-0.4, -0.2) is 18.0 Å². The van der Waals surface area contributed by atoms with E-state index in [-0.39, 0.29) is 5.91 Å². The lowest BCUT2D eigenvalue weighted by molar-refractivity contribution is -0.729. The average Bonchev–Trinajstić information content (AvgIpc) is 2.47. The second-order valence-electron chi connectivity index (χ2n) is 8.22. The van der Waals surface area contributed by atoms with Crippen LogP contribution in [0, 0.1) is 24.7 Å². The van der Waals surface area contributed by atoms with E-state index in [4.69, 9.17) is 0 Å². The maximum Gasteiger partial charge on any atom is 0.279 e. The molecule has 1 aromatic rings. The molecule has 0 radical (unpaired) electrons. The molecule has 23 heavy (non-hydrogen) atoms. The van der Waals surface area contributed by atoms with Crippen molar-refractivity contribution < 1.29 is 10.1 Å². The highest BCUT2D eigenvalue weighted by atomic mass is 79.9. The number of carbonyl (C=O) groups is 1. The number of hydrogen-bond acceptors (Lipinski definition) is 1. The summed E-state index contributed by atoms with van der Waals surface area (Å²) in [6, 6.07) is 6.05. The minimum Gasteiger partial charge on any atom is -0.334 e. The van der Waals surface area contributed by atoms with Crippen molar-refractivity contribution in [2.75, 3.05) is 11.9 Å². The zero-order valence-corrected chi connectivity index (χ0v) is 15.4. The van der Waals surface area contributed by atoms with Gasteiger partial charge in [-0.1, -0.05) is 6.07 Å². The van der Waals surface area contributed by atoms with Gasteiger partial charge in [-0.25, -0.2) is 0 Å².